The number of aromatic nitrogens is 1. The molecule has 5 heteroatoms. The Morgan fingerprint density at radius 1 is 1.75 bits per heavy atom. The fraction of sp³-hybridized carbons (Fsp3) is 0.455. The van der Waals surface area contributed by atoms with E-state index in [2.05, 4.69) is 21.7 Å². The molecule has 1 rings (SSSR count). The van der Waals surface area contributed by atoms with Crippen LogP contribution in [0, 0.1) is 19.3 Å². The molecule has 0 aliphatic heterocycles. The van der Waals surface area contributed by atoms with Gasteiger partial charge in [-0.15, -0.1) is 6.42 Å². The van der Waals surface area contributed by atoms with Gasteiger partial charge in [0.2, 0.25) is 5.91 Å². The Bertz CT molecular complexity index is 392. The highest BCUT2D eigenvalue weighted by atomic mass is 16.5. The zero-order valence-corrected chi connectivity index (χ0v) is 9.41. The molecule has 2 N–H and O–H groups in total. The van der Waals surface area contributed by atoms with Crippen molar-refractivity contribution in [1.29, 1.82) is 0 Å². The average Bonchev–Trinajstić information content (AvgIpc) is 2.68. The molecule has 1 aromatic heterocycles. The smallest absolute Gasteiger partial charge is 0.237 e. The number of carbonyl (C=O) groups excluding carboxylic acids is 1. The Morgan fingerprint density at radius 2 is 2.50 bits per heavy atom. The summed E-state index contributed by atoms with van der Waals surface area (Å²) in [5, 5.41) is 9.42. The Labute approximate surface area is 94.6 Å². The van der Waals surface area contributed by atoms with Gasteiger partial charge in [-0.05, 0) is 13.8 Å². The molecule has 0 saturated carbocycles. The molecule has 86 valence electrons. The molecule has 0 aliphatic rings. The maximum absolute atomic E-state index is 11.4. The van der Waals surface area contributed by atoms with Crippen LogP contribution in [0.5, 0.6) is 0 Å². The summed E-state index contributed by atoms with van der Waals surface area (Å²) in [6.45, 7) is 4.31. The number of nitrogens with one attached hydrogen (secondary N) is 2. The van der Waals surface area contributed by atoms with E-state index >= 15 is 0 Å². The van der Waals surface area contributed by atoms with E-state index in [9.17, 15) is 4.79 Å². The van der Waals surface area contributed by atoms with E-state index in [1.807, 2.05) is 13.0 Å². The van der Waals surface area contributed by atoms with Crippen molar-refractivity contribution in [3.8, 4) is 12.3 Å². The van der Waals surface area contributed by atoms with E-state index in [1.165, 1.54) is 0 Å². The molecule has 0 fully saturated rings. The van der Waals surface area contributed by atoms with Crippen molar-refractivity contribution in [2.45, 2.75) is 26.4 Å². The van der Waals surface area contributed by atoms with Crippen molar-refractivity contribution < 1.29 is 9.32 Å². The first-order valence-electron chi connectivity index (χ1n) is 5.00. The maximum atomic E-state index is 11.4. The van der Waals surface area contributed by atoms with Gasteiger partial charge in [0.05, 0.1) is 18.3 Å². The number of hydrogen-bond donors (Lipinski definition) is 2. The lowest BCUT2D eigenvalue weighted by Crippen LogP contribution is -2.41. The Hall–Kier alpha value is -1.80. The number of aryl methyl sites for hydroxylation is 1. The van der Waals surface area contributed by atoms with Gasteiger partial charge in [-0.1, -0.05) is 11.1 Å². The largest absolute Gasteiger partial charge is 0.361 e. The van der Waals surface area contributed by atoms with Gasteiger partial charge >= 0.3 is 0 Å². The number of rotatable bonds is 5. The number of carbonyl (C=O) groups is 1. The molecule has 0 bridgehead atoms. The van der Waals surface area contributed by atoms with Crippen molar-refractivity contribution in [3.63, 3.8) is 0 Å². The van der Waals surface area contributed by atoms with Crippen LogP contribution in [0.1, 0.15) is 18.4 Å². The fourth-order valence-electron chi connectivity index (χ4n) is 1.14. The van der Waals surface area contributed by atoms with Crippen LogP contribution in [0.2, 0.25) is 0 Å². The third-order valence-electron chi connectivity index (χ3n) is 2.02. The standard InChI is InChI=1S/C11H15N3O2/c1-4-5-12-11(15)9(3)13-7-10-6-8(2)16-14-10/h1,6,9,13H,5,7H2,2-3H3,(H,12,15). The molecule has 1 amide bonds. The summed E-state index contributed by atoms with van der Waals surface area (Å²) in [5.74, 6) is 2.97. The number of amides is 1. The number of hydrogen-bond acceptors (Lipinski definition) is 4. The molecule has 1 unspecified atom stereocenters. The van der Waals surface area contributed by atoms with Crippen molar-refractivity contribution in [2.75, 3.05) is 6.54 Å². The van der Waals surface area contributed by atoms with Gasteiger partial charge in [-0.2, -0.15) is 0 Å². The molecule has 0 radical (unpaired) electrons. The van der Waals surface area contributed by atoms with Crippen molar-refractivity contribution in [2.24, 2.45) is 0 Å². The zero-order valence-electron chi connectivity index (χ0n) is 9.41. The second-order valence-corrected chi connectivity index (χ2v) is 3.45. The first kappa shape index (κ1) is 12.3. The molecule has 5 nitrogen and oxygen atoms in total. The van der Waals surface area contributed by atoms with Crippen LogP contribution < -0.4 is 10.6 Å². The third-order valence-corrected chi connectivity index (χ3v) is 2.02. The van der Waals surface area contributed by atoms with Crippen molar-refractivity contribution in [3.05, 3.63) is 17.5 Å². The average molecular weight is 221 g/mol. The summed E-state index contributed by atoms with van der Waals surface area (Å²) in [7, 11) is 0. The summed E-state index contributed by atoms with van der Waals surface area (Å²) in [4.78, 5) is 11.4. The summed E-state index contributed by atoms with van der Waals surface area (Å²) < 4.78 is 4.91. The molecular formula is C11H15N3O2. The van der Waals surface area contributed by atoms with E-state index in [4.69, 9.17) is 10.9 Å². The van der Waals surface area contributed by atoms with Crippen molar-refractivity contribution >= 4 is 5.91 Å². The molecular weight excluding hydrogens is 206 g/mol. The maximum Gasteiger partial charge on any atom is 0.237 e. The predicted molar refractivity (Wildman–Crippen MR) is 59.4 cm³/mol. The second-order valence-electron chi connectivity index (χ2n) is 3.45. The Balaban J connectivity index is 2.32. The van der Waals surface area contributed by atoms with Crippen LogP contribution in [0.15, 0.2) is 10.6 Å². The summed E-state index contributed by atoms with van der Waals surface area (Å²) in [5.41, 5.74) is 0.772. The van der Waals surface area contributed by atoms with E-state index in [-0.39, 0.29) is 18.5 Å². The number of nitrogens with zero attached hydrogens (tertiary/aromatic N) is 1. The first-order valence-corrected chi connectivity index (χ1v) is 5.00. The summed E-state index contributed by atoms with van der Waals surface area (Å²) >= 11 is 0. The van der Waals surface area contributed by atoms with Gasteiger partial charge in [0, 0.05) is 12.6 Å². The topological polar surface area (TPSA) is 67.2 Å². The van der Waals surface area contributed by atoms with Crippen molar-refractivity contribution in [1.82, 2.24) is 15.8 Å². The molecule has 1 heterocycles. The molecule has 0 aromatic carbocycles. The van der Waals surface area contributed by atoms with Crippen LogP contribution in [-0.4, -0.2) is 23.7 Å². The van der Waals surface area contributed by atoms with Gasteiger partial charge in [-0.25, -0.2) is 0 Å². The van der Waals surface area contributed by atoms with Gasteiger partial charge in [-0.3, -0.25) is 4.79 Å². The van der Waals surface area contributed by atoms with E-state index < -0.39 is 0 Å². The highest BCUT2D eigenvalue weighted by Gasteiger charge is 2.11. The minimum Gasteiger partial charge on any atom is -0.361 e. The van der Waals surface area contributed by atoms with Crippen LogP contribution in [0.4, 0.5) is 0 Å². The highest BCUT2D eigenvalue weighted by molar-refractivity contribution is 5.81. The monoisotopic (exact) mass is 221 g/mol. The molecule has 0 spiro atoms. The molecule has 1 aromatic rings. The van der Waals surface area contributed by atoms with Gasteiger partial charge in [0.15, 0.2) is 0 Å². The van der Waals surface area contributed by atoms with E-state index in [1.54, 1.807) is 6.92 Å². The van der Waals surface area contributed by atoms with Gasteiger partial charge < -0.3 is 15.2 Å². The second kappa shape index (κ2) is 5.93. The first-order chi connectivity index (χ1) is 7.63. The van der Waals surface area contributed by atoms with Crippen LogP contribution in [0.3, 0.4) is 0 Å². The third kappa shape index (κ3) is 3.75. The van der Waals surface area contributed by atoms with Gasteiger partial charge in [0.25, 0.3) is 0 Å². The Kier molecular flexibility index (Phi) is 4.55. The molecule has 1 atom stereocenters. The Morgan fingerprint density at radius 3 is 3.06 bits per heavy atom. The molecule has 0 saturated heterocycles. The minimum atomic E-state index is -0.314. The lowest BCUT2D eigenvalue weighted by molar-refractivity contribution is -0.122. The van der Waals surface area contributed by atoms with Crippen LogP contribution in [-0.2, 0) is 11.3 Å². The summed E-state index contributed by atoms with van der Waals surface area (Å²) in [6, 6.07) is 1.50. The fourth-order valence-corrected chi connectivity index (χ4v) is 1.14. The number of terminal acetylenes is 1. The van der Waals surface area contributed by atoms with Crippen LogP contribution >= 0.6 is 0 Å². The highest BCUT2D eigenvalue weighted by Crippen LogP contribution is 2.00. The van der Waals surface area contributed by atoms with E-state index in [0.717, 1.165) is 11.5 Å². The minimum absolute atomic E-state index is 0.127. The lowest BCUT2D eigenvalue weighted by Gasteiger charge is -2.11. The molecule has 16 heavy (non-hydrogen) atoms. The summed E-state index contributed by atoms with van der Waals surface area (Å²) in [6.07, 6.45) is 5.04. The SMILES string of the molecule is C#CCNC(=O)C(C)NCc1cc(C)on1. The zero-order chi connectivity index (χ0) is 12.0. The quantitative estimate of drug-likeness (QED) is 0.697. The van der Waals surface area contributed by atoms with Gasteiger partial charge in [0.1, 0.15) is 5.76 Å². The lowest BCUT2D eigenvalue weighted by atomic mass is 10.3. The molecule has 0 aliphatic carbocycles. The predicted octanol–water partition coefficient (Wildman–Crippen LogP) is 0.211. The van der Waals surface area contributed by atoms with E-state index in [0.29, 0.717) is 6.54 Å². The normalized spacial score (nSPS) is 11.8. The van der Waals surface area contributed by atoms with Crippen LogP contribution in [0.25, 0.3) is 0 Å².